The topological polar surface area (TPSA) is 86.9 Å². The van der Waals surface area contributed by atoms with Crippen LogP contribution in [0.4, 0.5) is 0 Å². The Hall–Kier alpha value is -0.920. The van der Waals surface area contributed by atoms with E-state index >= 15 is 0 Å². The molecule has 0 unspecified atom stereocenters. The zero-order valence-corrected chi connectivity index (χ0v) is 12.9. The van der Waals surface area contributed by atoms with Gasteiger partial charge in [0, 0.05) is 17.6 Å². The van der Waals surface area contributed by atoms with Crippen LogP contribution in [-0.4, -0.2) is 30.7 Å². The Morgan fingerprint density at radius 2 is 2.05 bits per heavy atom. The summed E-state index contributed by atoms with van der Waals surface area (Å²) in [5.74, 6) is 0. The number of hydrogen-bond donors (Lipinski definition) is 3. The number of nitrogens with zero attached hydrogens (tertiary/aromatic N) is 1. The van der Waals surface area contributed by atoms with Crippen molar-refractivity contribution in [3.63, 3.8) is 0 Å². The molecule has 0 bridgehead atoms. The SMILES string of the molecule is CCCC(C)(C)NS(=O)(=O)c1[nH]ncc1CNCC. The zero-order chi connectivity index (χ0) is 14.5. The summed E-state index contributed by atoms with van der Waals surface area (Å²) in [4.78, 5) is 0. The van der Waals surface area contributed by atoms with Crippen molar-refractivity contribution in [2.75, 3.05) is 6.54 Å². The van der Waals surface area contributed by atoms with Crippen molar-refractivity contribution in [3.8, 4) is 0 Å². The summed E-state index contributed by atoms with van der Waals surface area (Å²) in [5, 5.41) is 9.66. The van der Waals surface area contributed by atoms with Gasteiger partial charge in [-0.05, 0) is 26.8 Å². The first kappa shape index (κ1) is 16.1. The van der Waals surface area contributed by atoms with E-state index < -0.39 is 15.6 Å². The van der Waals surface area contributed by atoms with Gasteiger partial charge in [0.25, 0.3) is 10.0 Å². The van der Waals surface area contributed by atoms with Gasteiger partial charge in [0.2, 0.25) is 0 Å². The van der Waals surface area contributed by atoms with Gasteiger partial charge in [-0.25, -0.2) is 13.1 Å². The molecule has 6 nitrogen and oxygen atoms in total. The lowest BCUT2D eigenvalue weighted by Gasteiger charge is -2.25. The molecule has 0 aliphatic carbocycles. The lowest BCUT2D eigenvalue weighted by molar-refractivity contribution is 0.416. The van der Waals surface area contributed by atoms with Gasteiger partial charge in [0.1, 0.15) is 0 Å². The summed E-state index contributed by atoms with van der Waals surface area (Å²) in [6, 6.07) is 0. The lowest BCUT2D eigenvalue weighted by atomic mass is 10.0. The highest BCUT2D eigenvalue weighted by atomic mass is 32.2. The highest BCUT2D eigenvalue weighted by Gasteiger charge is 2.28. The van der Waals surface area contributed by atoms with Crippen LogP contribution in [0, 0.1) is 0 Å². The van der Waals surface area contributed by atoms with Crippen molar-refractivity contribution in [1.82, 2.24) is 20.2 Å². The predicted molar refractivity (Wildman–Crippen MR) is 75.3 cm³/mol. The molecular formula is C12H24N4O2S. The summed E-state index contributed by atoms with van der Waals surface area (Å²) in [6.45, 7) is 9.03. The molecule has 1 aromatic rings. The Morgan fingerprint density at radius 1 is 1.37 bits per heavy atom. The molecule has 1 rings (SSSR count). The van der Waals surface area contributed by atoms with Crippen LogP contribution in [0.3, 0.4) is 0 Å². The van der Waals surface area contributed by atoms with Crippen LogP contribution in [0.1, 0.15) is 46.1 Å². The fraction of sp³-hybridized carbons (Fsp3) is 0.750. The van der Waals surface area contributed by atoms with E-state index in [1.807, 2.05) is 27.7 Å². The second-order valence-electron chi connectivity index (χ2n) is 5.24. The molecule has 0 amide bonds. The third-order valence-corrected chi connectivity index (χ3v) is 4.51. The van der Waals surface area contributed by atoms with Gasteiger partial charge in [0.15, 0.2) is 5.03 Å². The van der Waals surface area contributed by atoms with Crippen molar-refractivity contribution < 1.29 is 8.42 Å². The molecule has 110 valence electrons. The summed E-state index contributed by atoms with van der Waals surface area (Å²) in [7, 11) is -3.57. The van der Waals surface area contributed by atoms with E-state index in [0.717, 1.165) is 19.4 Å². The Bertz CT molecular complexity index is 494. The number of sulfonamides is 1. The Kier molecular flexibility index (Phi) is 5.51. The Balaban J connectivity index is 2.91. The van der Waals surface area contributed by atoms with Crippen molar-refractivity contribution >= 4 is 10.0 Å². The first-order chi connectivity index (χ1) is 8.82. The van der Waals surface area contributed by atoms with Crippen LogP contribution in [0.5, 0.6) is 0 Å². The molecular weight excluding hydrogens is 264 g/mol. The third kappa shape index (κ3) is 4.59. The zero-order valence-electron chi connectivity index (χ0n) is 12.1. The van der Waals surface area contributed by atoms with Gasteiger partial charge in [0.05, 0.1) is 6.20 Å². The van der Waals surface area contributed by atoms with Crippen molar-refractivity contribution in [1.29, 1.82) is 0 Å². The van der Waals surface area contributed by atoms with E-state index in [1.54, 1.807) is 6.20 Å². The molecule has 0 radical (unpaired) electrons. The standard InChI is InChI=1S/C12H24N4O2S/c1-5-7-12(3,4)16-19(17,18)11-10(8-13-6-2)9-14-15-11/h9,13,16H,5-8H2,1-4H3,(H,14,15). The maximum absolute atomic E-state index is 12.4. The molecule has 0 aliphatic rings. The van der Waals surface area contributed by atoms with Gasteiger partial charge in [-0.1, -0.05) is 20.3 Å². The van der Waals surface area contributed by atoms with Crippen LogP contribution in [-0.2, 0) is 16.6 Å². The number of H-pyrrole nitrogens is 1. The van der Waals surface area contributed by atoms with E-state index in [0.29, 0.717) is 12.1 Å². The molecule has 0 aromatic carbocycles. The molecule has 1 heterocycles. The molecule has 19 heavy (non-hydrogen) atoms. The first-order valence-corrected chi connectivity index (χ1v) is 8.07. The van der Waals surface area contributed by atoms with Crippen LogP contribution in [0.15, 0.2) is 11.2 Å². The van der Waals surface area contributed by atoms with E-state index in [2.05, 4.69) is 20.2 Å². The third-order valence-electron chi connectivity index (χ3n) is 2.80. The highest BCUT2D eigenvalue weighted by Crippen LogP contribution is 2.18. The number of nitrogens with one attached hydrogen (secondary N) is 3. The quantitative estimate of drug-likeness (QED) is 0.674. The lowest BCUT2D eigenvalue weighted by Crippen LogP contribution is -2.43. The van der Waals surface area contributed by atoms with E-state index in [9.17, 15) is 8.42 Å². The second-order valence-corrected chi connectivity index (χ2v) is 6.86. The molecule has 0 saturated heterocycles. The van der Waals surface area contributed by atoms with Gasteiger partial charge >= 0.3 is 0 Å². The smallest absolute Gasteiger partial charge is 0.258 e. The van der Waals surface area contributed by atoms with Crippen molar-refractivity contribution in [2.45, 2.75) is 57.6 Å². The minimum Gasteiger partial charge on any atom is -0.313 e. The average Bonchev–Trinajstić information content (AvgIpc) is 2.73. The molecule has 7 heteroatoms. The molecule has 0 aliphatic heterocycles. The van der Waals surface area contributed by atoms with E-state index in [1.165, 1.54) is 0 Å². The molecule has 3 N–H and O–H groups in total. The van der Waals surface area contributed by atoms with Crippen LogP contribution >= 0.6 is 0 Å². The first-order valence-electron chi connectivity index (χ1n) is 6.59. The molecule has 0 spiro atoms. The fourth-order valence-corrected chi connectivity index (χ4v) is 3.58. The van der Waals surface area contributed by atoms with Crippen LogP contribution in [0.2, 0.25) is 0 Å². The normalized spacial score (nSPS) is 12.8. The second kappa shape index (κ2) is 6.49. The summed E-state index contributed by atoms with van der Waals surface area (Å²) in [5.41, 5.74) is 0.190. The minimum atomic E-state index is -3.57. The molecule has 1 aromatic heterocycles. The van der Waals surface area contributed by atoms with E-state index in [-0.39, 0.29) is 5.03 Å². The van der Waals surface area contributed by atoms with E-state index in [4.69, 9.17) is 0 Å². The largest absolute Gasteiger partial charge is 0.313 e. The van der Waals surface area contributed by atoms with Crippen LogP contribution < -0.4 is 10.0 Å². The van der Waals surface area contributed by atoms with Gasteiger partial charge in [-0.2, -0.15) is 5.10 Å². The number of rotatable bonds is 8. The number of aromatic nitrogens is 2. The number of hydrogen-bond acceptors (Lipinski definition) is 4. The van der Waals surface area contributed by atoms with Crippen molar-refractivity contribution in [3.05, 3.63) is 11.8 Å². The highest BCUT2D eigenvalue weighted by molar-refractivity contribution is 7.89. The minimum absolute atomic E-state index is 0.151. The molecule has 0 saturated carbocycles. The summed E-state index contributed by atoms with van der Waals surface area (Å²) >= 11 is 0. The van der Waals surface area contributed by atoms with Gasteiger partial charge < -0.3 is 5.32 Å². The van der Waals surface area contributed by atoms with Crippen molar-refractivity contribution in [2.24, 2.45) is 0 Å². The molecule has 0 fully saturated rings. The number of aromatic amines is 1. The van der Waals surface area contributed by atoms with Gasteiger partial charge in [-0.3, -0.25) is 5.10 Å². The maximum atomic E-state index is 12.4. The summed E-state index contributed by atoms with van der Waals surface area (Å²) < 4.78 is 27.4. The predicted octanol–water partition coefficient (Wildman–Crippen LogP) is 1.38. The monoisotopic (exact) mass is 288 g/mol. The van der Waals surface area contributed by atoms with Gasteiger partial charge in [-0.15, -0.1) is 0 Å². The van der Waals surface area contributed by atoms with Crippen LogP contribution in [0.25, 0.3) is 0 Å². The fourth-order valence-electron chi connectivity index (χ4n) is 2.01. The maximum Gasteiger partial charge on any atom is 0.258 e. The Morgan fingerprint density at radius 3 is 2.63 bits per heavy atom. The summed E-state index contributed by atoms with van der Waals surface area (Å²) in [6.07, 6.45) is 3.25. The Labute approximate surface area is 115 Å². The average molecular weight is 288 g/mol. The molecule has 0 atom stereocenters.